The number of hydrogen-bond acceptors (Lipinski definition) is 3. The minimum atomic E-state index is 0.863. The van der Waals surface area contributed by atoms with E-state index in [9.17, 15) is 0 Å². The molecule has 14 heavy (non-hydrogen) atoms. The average Bonchev–Trinajstić information content (AvgIpc) is 2.78. The lowest BCUT2D eigenvalue weighted by Gasteiger charge is -1.93. The number of rotatable bonds is 3. The van der Waals surface area contributed by atoms with Crippen LogP contribution >= 0.6 is 11.3 Å². The summed E-state index contributed by atoms with van der Waals surface area (Å²) in [5.41, 5.74) is 2.30. The number of aromatic nitrogens is 3. The molecule has 0 unspecified atom stereocenters. The zero-order chi connectivity index (χ0) is 9.97. The highest BCUT2D eigenvalue weighted by molar-refractivity contribution is 7.11. The smallest absolute Gasteiger partial charge is 0.0928 e. The van der Waals surface area contributed by atoms with Crippen LogP contribution in [0.2, 0.25) is 0 Å². The first kappa shape index (κ1) is 9.40. The van der Waals surface area contributed by atoms with E-state index in [0.717, 1.165) is 18.5 Å². The van der Waals surface area contributed by atoms with Crippen molar-refractivity contribution in [2.45, 2.75) is 26.7 Å². The lowest BCUT2D eigenvalue weighted by molar-refractivity contribution is 0.993. The number of nitrogens with one attached hydrogen (secondary N) is 1. The van der Waals surface area contributed by atoms with E-state index in [0.29, 0.717) is 0 Å². The van der Waals surface area contributed by atoms with Gasteiger partial charge in [0.2, 0.25) is 0 Å². The molecule has 0 radical (unpaired) electrons. The first-order valence-electron chi connectivity index (χ1n) is 4.72. The molecule has 0 aliphatic heterocycles. The summed E-state index contributed by atoms with van der Waals surface area (Å²) >= 11 is 1.79. The first-order chi connectivity index (χ1) is 6.79. The van der Waals surface area contributed by atoms with Crippen molar-refractivity contribution in [3.05, 3.63) is 33.8 Å². The van der Waals surface area contributed by atoms with Crippen LogP contribution in [-0.4, -0.2) is 15.0 Å². The van der Waals surface area contributed by atoms with Gasteiger partial charge in [-0.2, -0.15) is 0 Å². The molecule has 3 nitrogen and oxygen atoms in total. The van der Waals surface area contributed by atoms with Crippen LogP contribution in [0.5, 0.6) is 0 Å². The van der Waals surface area contributed by atoms with Crippen LogP contribution in [0.4, 0.5) is 0 Å². The lowest BCUT2D eigenvalue weighted by Crippen LogP contribution is -1.91. The van der Waals surface area contributed by atoms with Gasteiger partial charge < -0.3 is 4.98 Å². The Morgan fingerprint density at radius 2 is 2.36 bits per heavy atom. The predicted molar refractivity (Wildman–Crippen MR) is 57.6 cm³/mol. The number of aryl methyl sites for hydroxylation is 2. The molecule has 0 spiro atoms. The third-order valence-corrected chi connectivity index (χ3v) is 3.31. The minimum absolute atomic E-state index is 0.863. The van der Waals surface area contributed by atoms with Crippen LogP contribution in [0.1, 0.15) is 28.2 Å². The van der Waals surface area contributed by atoms with Gasteiger partial charge in [0.15, 0.2) is 0 Å². The molecule has 0 saturated heterocycles. The largest absolute Gasteiger partial charge is 0.348 e. The normalized spacial score (nSPS) is 10.7. The van der Waals surface area contributed by atoms with Gasteiger partial charge in [-0.05, 0) is 13.3 Å². The molecule has 0 fully saturated rings. The molecule has 0 aliphatic carbocycles. The molecule has 0 aliphatic rings. The minimum Gasteiger partial charge on any atom is -0.348 e. The fourth-order valence-corrected chi connectivity index (χ4v) is 2.25. The van der Waals surface area contributed by atoms with Crippen LogP contribution in [0, 0.1) is 6.92 Å². The summed E-state index contributed by atoms with van der Waals surface area (Å²) in [6, 6.07) is 0. The molecule has 4 heteroatoms. The van der Waals surface area contributed by atoms with Gasteiger partial charge in [0.1, 0.15) is 0 Å². The molecule has 1 N–H and O–H groups in total. The van der Waals surface area contributed by atoms with Gasteiger partial charge in [-0.15, -0.1) is 11.3 Å². The zero-order valence-electron chi connectivity index (χ0n) is 8.37. The highest BCUT2D eigenvalue weighted by Gasteiger charge is 2.07. The number of nitrogens with zero attached hydrogens (tertiary/aromatic N) is 2. The molecule has 0 atom stereocenters. The third kappa shape index (κ3) is 1.85. The zero-order valence-corrected chi connectivity index (χ0v) is 9.19. The highest BCUT2D eigenvalue weighted by Crippen LogP contribution is 2.19. The Hall–Kier alpha value is -1.16. The summed E-state index contributed by atoms with van der Waals surface area (Å²) in [5.74, 6) is 0. The summed E-state index contributed by atoms with van der Waals surface area (Å²) in [5, 5.41) is 1.22. The Bertz CT molecular complexity index is 403. The summed E-state index contributed by atoms with van der Waals surface area (Å²) in [6.07, 6.45) is 5.44. The van der Waals surface area contributed by atoms with E-state index in [4.69, 9.17) is 0 Å². The van der Waals surface area contributed by atoms with Crippen LogP contribution in [0.15, 0.2) is 12.5 Å². The Morgan fingerprint density at radius 1 is 1.50 bits per heavy atom. The van der Waals surface area contributed by atoms with Crippen LogP contribution in [-0.2, 0) is 12.8 Å². The highest BCUT2D eigenvalue weighted by atomic mass is 32.1. The van der Waals surface area contributed by atoms with Crippen LogP contribution < -0.4 is 0 Å². The third-order valence-electron chi connectivity index (χ3n) is 2.15. The number of H-pyrrole nitrogens is 1. The van der Waals surface area contributed by atoms with Crippen molar-refractivity contribution < 1.29 is 0 Å². The maximum atomic E-state index is 4.57. The monoisotopic (exact) mass is 207 g/mol. The summed E-state index contributed by atoms with van der Waals surface area (Å²) in [7, 11) is 0. The Balaban J connectivity index is 2.20. The molecule has 2 heterocycles. The van der Waals surface area contributed by atoms with E-state index in [-0.39, 0.29) is 0 Å². The average molecular weight is 207 g/mol. The van der Waals surface area contributed by atoms with Crippen LogP contribution in [0.3, 0.4) is 0 Å². The maximum Gasteiger partial charge on any atom is 0.0928 e. The van der Waals surface area contributed by atoms with Gasteiger partial charge in [-0.3, -0.25) is 0 Å². The van der Waals surface area contributed by atoms with E-state index in [1.54, 1.807) is 17.7 Å². The molecule has 0 saturated carbocycles. The van der Waals surface area contributed by atoms with Crippen molar-refractivity contribution in [2.24, 2.45) is 0 Å². The molecule has 2 aromatic rings. The quantitative estimate of drug-likeness (QED) is 0.839. The Kier molecular flexibility index (Phi) is 2.63. The summed E-state index contributed by atoms with van der Waals surface area (Å²) < 4.78 is 0. The number of aromatic amines is 1. The fourth-order valence-electron chi connectivity index (χ4n) is 1.36. The van der Waals surface area contributed by atoms with Gasteiger partial charge in [-0.1, -0.05) is 6.92 Å². The molecule has 0 amide bonds. The molecule has 74 valence electrons. The molecule has 2 aromatic heterocycles. The van der Waals surface area contributed by atoms with Crippen molar-refractivity contribution in [1.29, 1.82) is 0 Å². The van der Waals surface area contributed by atoms with Gasteiger partial charge in [0.25, 0.3) is 0 Å². The molecular weight excluding hydrogens is 194 g/mol. The number of imidazole rings is 1. The standard InChI is InChI=1S/C10H13N3S/c1-3-10-13-9(7(2)14-10)4-8-5-11-6-12-8/h5-6H,3-4H2,1-2H3,(H,11,12). The molecule has 2 rings (SSSR count). The second-order valence-corrected chi connectivity index (χ2v) is 4.51. The number of hydrogen-bond donors (Lipinski definition) is 1. The fraction of sp³-hybridized carbons (Fsp3) is 0.400. The second-order valence-electron chi connectivity index (χ2n) is 3.22. The van der Waals surface area contributed by atoms with Crippen molar-refractivity contribution in [1.82, 2.24) is 15.0 Å². The maximum absolute atomic E-state index is 4.57. The molecule has 0 aromatic carbocycles. The van der Waals surface area contributed by atoms with E-state index in [1.807, 2.05) is 6.20 Å². The van der Waals surface area contributed by atoms with Gasteiger partial charge in [-0.25, -0.2) is 9.97 Å². The first-order valence-corrected chi connectivity index (χ1v) is 5.53. The van der Waals surface area contributed by atoms with E-state index >= 15 is 0 Å². The van der Waals surface area contributed by atoms with E-state index in [2.05, 4.69) is 28.8 Å². The lowest BCUT2D eigenvalue weighted by atomic mass is 10.2. The predicted octanol–water partition coefficient (Wildman–Crippen LogP) is 2.33. The Morgan fingerprint density at radius 3 is 2.93 bits per heavy atom. The van der Waals surface area contributed by atoms with Crippen molar-refractivity contribution >= 4 is 11.3 Å². The summed E-state index contributed by atoms with van der Waals surface area (Å²) in [6.45, 7) is 4.26. The second kappa shape index (κ2) is 3.92. The van der Waals surface area contributed by atoms with Crippen molar-refractivity contribution in [2.75, 3.05) is 0 Å². The van der Waals surface area contributed by atoms with Crippen molar-refractivity contribution in [3.8, 4) is 0 Å². The topological polar surface area (TPSA) is 41.6 Å². The molecular formula is C10H13N3S. The van der Waals surface area contributed by atoms with Crippen molar-refractivity contribution in [3.63, 3.8) is 0 Å². The Labute approximate surface area is 87.2 Å². The van der Waals surface area contributed by atoms with E-state index in [1.165, 1.54) is 15.6 Å². The summed E-state index contributed by atoms with van der Waals surface area (Å²) in [4.78, 5) is 13.0. The van der Waals surface area contributed by atoms with Gasteiger partial charge in [0.05, 0.1) is 17.0 Å². The SMILES string of the molecule is CCc1nc(Cc2cnc[nH]2)c(C)s1. The number of thiazole rings is 1. The molecule has 0 bridgehead atoms. The van der Waals surface area contributed by atoms with Gasteiger partial charge >= 0.3 is 0 Å². The van der Waals surface area contributed by atoms with Gasteiger partial charge in [0, 0.05) is 23.2 Å². The van der Waals surface area contributed by atoms with E-state index < -0.39 is 0 Å². The van der Waals surface area contributed by atoms with Crippen LogP contribution in [0.25, 0.3) is 0 Å².